The second-order valence-corrected chi connectivity index (χ2v) is 19.1. The normalized spacial score (nSPS) is 12.8. The Balaban J connectivity index is 0.933. The van der Waals surface area contributed by atoms with Crippen LogP contribution in [0, 0.1) is 0 Å². The molecule has 0 spiro atoms. The lowest BCUT2D eigenvalue weighted by Gasteiger charge is -2.34. The first-order valence-electron chi connectivity index (χ1n) is 23.4. The maximum absolute atomic E-state index is 6.16. The fourth-order valence-corrected chi connectivity index (χ4v) is 12.0. The zero-order valence-electron chi connectivity index (χ0n) is 37.3. The Morgan fingerprint density at radius 1 is 0.319 bits per heavy atom. The molecular formula is C65H40N2OS. The molecule has 10 aromatic carbocycles. The first-order chi connectivity index (χ1) is 34.2. The molecule has 0 unspecified atom stereocenters. The smallest absolute Gasteiger partial charge is 0.160 e. The van der Waals surface area contributed by atoms with Crippen LogP contribution in [0.3, 0.4) is 0 Å². The fourth-order valence-electron chi connectivity index (χ4n) is 11.0. The molecule has 14 rings (SSSR count). The molecule has 0 bridgehead atoms. The molecule has 3 aromatic heterocycles. The van der Waals surface area contributed by atoms with E-state index >= 15 is 0 Å². The van der Waals surface area contributed by atoms with Crippen LogP contribution in [0.4, 0.5) is 0 Å². The molecule has 0 fully saturated rings. The third kappa shape index (κ3) is 6.34. The lowest BCUT2D eigenvalue weighted by Crippen LogP contribution is -2.28. The van der Waals surface area contributed by atoms with E-state index in [2.05, 4.69) is 231 Å². The highest BCUT2D eigenvalue weighted by Gasteiger charge is 2.46. The Morgan fingerprint density at radius 2 is 0.884 bits per heavy atom. The van der Waals surface area contributed by atoms with E-state index in [1.807, 2.05) is 23.5 Å². The standard InChI is InChI=1S/C65H40N2OS/c1-3-16-48(17-4-1)65(49-18-5-2-6-19-49)56-23-10-7-20-50(56)51-33-30-46(39-57(51)65)59-40-58(42-28-26-41(27-29-42)44-31-34-61-54(37-44)52-21-8-11-24-60(52)68-61)66-64(67-59)47-15-13-14-43(36-47)45-32-35-63-55(38-45)53-22-9-12-25-62(53)69-63/h1-40H. The molecular weight excluding hydrogens is 857 g/mol. The van der Waals surface area contributed by atoms with Gasteiger partial charge in [-0.3, -0.25) is 0 Å². The summed E-state index contributed by atoms with van der Waals surface area (Å²) in [4.78, 5) is 10.9. The Hall–Kier alpha value is -8.70. The summed E-state index contributed by atoms with van der Waals surface area (Å²) < 4.78 is 8.75. The number of nitrogens with zero attached hydrogens (tertiary/aromatic N) is 2. The van der Waals surface area contributed by atoms with Gasteiger partial charge in [-0.2, -0.15) is 0 Å². The molecule has 4 heteroatoms. The van der Waals surface area contributed by atoms with Crippen molar-refractivity contribution in [1.82, 2.24) is 9.97 Å². The Bertz CT molecular complexity index is 4090. The lowest BCUT2D eigenvalue weighted by molar-refractivity contribution is 0.669. The van der Waals surface area contributed by atoms with Crippen molar-refractivity contribution < 1.29 is 4.42 Å². The number of fused-ring (bicyclic) bond motifs is 9. The molecule has 3 heterocycles. The van der Waals surface area contributed by atoms with E-state index in [0.29, 0.717) is 5.82 Å². The van der Waals surface area contributed by atoms with Crippen LogP contribution in [0.5, 0.6) is 0 Å². The minimum Gasteiger partial charge on any atom is -0.456 e. The van der Waals surface area contributed by atoms with Gasteiger partial charge in [-0.1, -0.05) is 188 Å². The van der Waals surface area contributed by atoms with E-state index in [1.54, 1.807) is 0 Å². The number of hydrogen-bond donors (Lipinski definition) is 0. The van der Waals surface area contributed by atoms with Gasteiger partial charge in [0.15, 0.2) is 5.82 Å². The van der Waals surface area contributed by atoms with Gasteiger partial charge in [0, 0.05) is 47.6 Å². The minimum absolute atomic E-state index is 0.534. The topological polar surface area (TPSA) is 38.9 Å². The van der Waals surface area contributed by atoms with Crippen LogP contribution in [0.25, 0.3) is 109 Å². The van der Waals surface area contributed by atoms with Crippen LogP contribution in [-0.4, -0.2) is 9.97 Å². The van der Waals surface area contributed by atoms with Crippen molar-refractivity contribution in [3.63, 3.8) is 0 Å². The molecule has 1 aliphatic carbocycles. The van der Waals surface area contributed by atoms with Gasteiger partial charge < -0.3 is 4.42 Å². The van der Waals surface area contributed by atoms with Crippen LogP contribution in [0.15, 0.2) is 247 Å². The van der Waals surface area contributed by atoms with Crippen LogP contribution >= 0.6 is 11.3 Å². The average molecular weight is 897 g/mol. The number of benzene rings is 10. The lowest BCUT2D eigenvalue weighted by atomic mass is 9.67. The van der Waals surface area contributed by atoms with Gasteiger partial charge in [0.25, 0.3) is 0 Å². The predicted molar refractivity (Wildman–Crippen MR) is 287 cm³/mol. The van der Waals surface area contributed by atoms with Gasteiger partial charge in [0.1, 0.15) is 11.2 Å². The van der Waals surface area contributed by atoms with Crippen LogP contribution < -0.4 is 0 Å². The number of rotatable bonds is 7. The van der Waals surface area contributed by atoms with Crippen molar-refractivity contribution >= 4 is 53.4 Å². The Morgan fingerprint density at radius 3 is 1.71 bits per heavy atom. The van der Waals surface area contributed by atoms with E-state index in [9.17, 15) is 0 Å². The van der Waals surface area contributed by atoms with Gasteiger partial charge in [0.2, 0.25) is 0 Å². The van der Waals surface area contributed by atoms with Gasteiger partial charge in [-0.25, -0.2) is 9.97 Å². The highest BCUT2D eigenvalue weighted by molar-refractivity contribution is 7.25. The molecule has 13 aromatic rings. The summed E-state index contributed by atoms with van der Waals surface area (Å²) >= 11 is 1.84. The molecule has 0 radical (unpaired) electrons. The van der Waals surface area contributed by atoms with Crippen LogP contribution in [0.1, 0.15) is 22.3 Å². The van der Waals surface area contributed by atoms with Crippen molar-refractivity contribution in [2.45, 2.75) is 5.41 Å². The summed E-state index contributed by atoms with van der Waals surface area (Å²) in [6.45, 7) is 0. The van der Waals surface area contributed by atoms with E-state index < -0.39 is 5.41 Å². The summed E-state index contributed by atoms with van der Waals surface area (Å²) in [7, 11) is 0. The van der Waals surface area contributed by atoms with Gasteiger partial charge >= 0.3 is 0 Å². The number of aromatic nitrogens is 2. The second kappa shape index (κ2) is 15.7. The van der Waals surface area contributed by atoms with Crippen LogP contribution in [-0.2, 0) is 5.41 Å². The molecule has 0 saturated carbocycles. The van der Waals surface area contributed by atoms with Gasteiger partial charge in [-0.05, 0) is 110 Å². The van der Waals surface area contributed by atoms with Crippen molar-refractivity contribution in [2.75, 3.05) is 0 Å². The van der Waals surface area contributed by atoms with E-state index in [4.69, 9.17) is 14.4 Å². The number of thiophene rings is 1. The molecule has 1 aliphatic rings. The van der Waals surface area contributed by atoms with Crippen molar-refractivity contribution in [1.29, 1.82) is 0 Å². The average Bonchev–Trinajstić information content (AvgIpc) is 4.09. The molecule has 0 amide bonds. The van der Waals surface area contributed by atoms with Gasteiger partial charge in [0.05, 0.1) is 16.8 Å². The second-order valence-electron chi connectivity index (χ2n) is 18.0. The third-order valence-electron chi connectivity index (χ3n) is 14.2. The number of para-hydroxylation sites is 1. The molecule has 69 heavy (non-hydrogen) atoms. The summed E-state index contributed by atoms with van der Waals surface area (Å²) in [5.74, 6) is 0.675. The van der Waals surface area contributed by atoms with E-state index in [-0.39, 0.29) is 0 Å². The first kappa shape index (κ1) is 39.5. The summed E-state index contributed by atoms with van der Waals surface area (Å²) in [5.41, 5.74) is 18.0. The zero-order valence-corrected chi connectivity index (χ0v) is 38.1. The van der Waals surface area contributed by atoms with E-state index in [0.717, 1.165) is 72.3 Å². The highest BCUT2D eigenvalue weighted by Crippen LogP contribution is 2.56. The quantitative estimate of drug-likeness (QED) is 0.160. The fraction of sp³-hybridized carbons (Fsp3) is 0.0154. The highest BCUT2D eigenvalue weighted by atomic mass is 32.1. The predicted octanol–water partition coefficient (Wildman–Crippen LogP) is 17.4. The summed E-state index contributed by atoms with van der Waals surface area (Å²) in [5, 5.41) is 4.81. The molecule has 3 nitrogen and oxygen atoms in total. The summed E-state index contributed by atoms with van der Waals surface area (Å²) in [6.07, 6.45) is 0. The van der Waals surface area contributed by atoms with Crippen molar-refractivity contribution in [2.24, 2.45) is 0 Å². The largest absolute Gasteiger partial charge is 0.456 e. The molecule has 0 saturated heterocycles. The first-order valence-corrected chi connectivity index (χ1v) is 24.3. The van der Waals surface area contributed by atoms with E-state index in [1.165, 1.54) is 53.6 Å². The van der Waals surface area contributed by atoms with Crippen molar-refractivity contribution in [3.8, 4) is 67.3 Å². The number of furan rings is 1. The monoisotopic (exact) mass is 896 g/mol. The number of hydrogen-bond acceptors (Lipinski definition) is 4. The van der Waals surface area contributed by atoms with Gasteiger partial charge in [-0.15, -0.1) is 11.3 Å². The Kier molecular flexibility index (Phi) is 8.98. The molecule has 0 atom stereocenters. The SMILES string of the molecule is c1ccc(C2(c3ccccc3)c3ccccc3-c3ccc(-c4cc(-c5ccc(-c6ccc7oc8ccccc8c7c6)cc5)nc(-c5cccc(-c6ccc7sc8ccccc8c7c6)c5)n4)cc32)cc1. The van der Waals surface area contributed by atoms with Crippen LogP contribution in [0.2, 0.25) is 0 Å². The third-order valence-corrected chi connectivity index (χ3v) is 15.4. The minimum atomic E-state index is -0.534. The van der Waals surface area contributed by atoms with Crippen molar-refractivity contribution in [3.05, 3.63) is 265 Å². The maximum Gasteiger partial charge on any atom is 0.160 e. The molecule has 0 N–H and O–H groups in total. The Labute approximate surface area is 403 Å². The maximum atomic E-state index is 6.16. The summed E-state index contributed by atoms with van der Waals surface area (Å²) in [6, 6.07) is 87.6. The molecule has 322 valence electrons. The molecule has 0 aliphatic heterocycles. The zero-order chi connectivity index (χ0) is 45.5.